The van der Waals surface area contributed by atoms with E-state index in [1.165, 1.54) is 40.8 Å². The van der Waals surface area contributed by atoms with Crippen LogP contribution in [0.1, 0.15) is 49.3 Å². The van der Waals surface area contributed by atoms with Crippen LogP contribution in [0.3, 0.4) is 0 Å². The predicted molar refractivity (Wildman–Crippen MR) is 160 cm³/mol. The lowest BCUT2D eigenvalue weighted by Gasteiger charge is -2.27. The number of hydrogen-bond donors (Lipinski definition) is 3. The smallest absolute Gasteiger partial charge is 0.368 e. The molecule has 0 amide bonds. The number of pyridine rings is 1. The van der Waals surface area contributed by atoms with Crippen LogP contribution in [0.4, 0.5) is 5.69 Å². The van der Waals surface area contributed by atoms with Crippen molar-refractivity contribution in [1.82, 2.24) is 30.1 Å². The van der Waals surface area contributed by atoms with Crippen molar-refractivity contribution >= 4 is 15.7 Å². The van der Waals surface area contributed by atoms with Gasteiger partial charge in [-0.1, -0.05) is 25.3 Å². The summed E-state index contributed by atoms with van der Waals surface area (Å²) in [6.45, 7) is 1.49. The second kappa shape index (κ2) is 12.7. The minimum Gasteiger partial charge on any atom is -0.489 e. The average Bonchev–Trinajstić information content (AvgIpc) is 3.36. The Morgan fingerprint density at radius 3 is 2.65 bits per heavy atom. The highest BCUT2D eigenvalue weighted by Gasteiger charge is 2.22. The van der Waals surface area contributed by atoms with E-state index in [0.717, 1.165) is 30.4 Å². The molecule has 2 aromatic heterocycles. The zero-order valence-corrected chi connectivity index (χ0v) is 24.5. The molecule has 12 nitrogen and oxygen atoms in total. The summed E-state index contributed by atoms with van der Waals surface area (Å²) in [6, 6.07) is 14.8. The Labute approximate surface area is 249 Å². The molecular formula is C30H35N7O5S. The van der Waals surface area contributed by atoms with Gasteiger partial charge in [0.2, 0.25) is 0 Å². The van der Waals surface area contributed by atoms with Crippen molar-refractivity contribution in [2.24, 2.45) is 5.92 Å². The monoisotopic (exact) mass is 605 g/mol. The molecule has 226 valence electrons. The van der Waals surface area contributed by atoms with Crippen molar-refractivity contribution in [3.8, 4) is 11.4 Å². The van der Waals surface area contributed by atoms with Gasteiger partial charge in [-0.25, -0.2) is 13.2 Å². The Kier molecular flexibility index (Phi) is 8.54. The lowest BCUT2D eigenvalue weighted by atomic mass is 9.83. The molecule has 4 aromatic rings. The number of tetrazole rings is 1. The lowest BCUT2D eigenvalue weighted by molar-refractivity contribution is 0.146. The molecule has 3 N–H and O–H groups in total. The molecule has 2 atom stereocenters. The zero-order valence-electron chi connectivity index (χ0n) is 23.7. The third-order valence-corrected chi connectivity index (χ3v) is 9.52. The molecule has 2 unspecified atom stereocenters. The fraction of sp³-hybridized carbons (Fsp3) is 0.400. The van der Waals surface area contributed by atoms with E-state index in [4.69, 9.17) is 4.74 Å². The second-order valence-electron chi connectivity index (χ2n) is 11.1. The topological polar surface area (TPSA) is 153 Å². The summed E-state index contributed by atoms with van der Waals surface area (Å²) in [5.74, 6) is 1.37. The molecule has 0 spiro atoms. The number of nitrogens with zero attached hydrogens (tertiary/aromatic N) is 5. The maximum atomic E-state index is 13.1. The summed E-state index contributed by atoms with van der Waals surface area (Å²) in [6.07, 6.45) is 8.64. The number of benzene rings is 2. The number of aryl methyl sites for hydroxylation is 2. The number of aliphatic hydroxyl groups excluding tert-OH is 1. The first-order chi connectivity index (χ1) is 20.9. The third kappa shape index (κ3) is 6.79. The molecule has 0 bridgehead atoms. The Bertz CT molecular complexity index is 1700. The molecule has 0 radical (unpaired) electrons. The van der Waals surface area contributed by atoms with Gasteiger partial charge in [-0.3, -0.25) is 9.71 Å². The van der Waals surface area contributed by atoms with Crippen LogP contribution < -0.4 is 20.5 Å². The number of ether oxygens (including phenoxy) is 1. The fourth-order valence-electron chi connectivity index (χ4n) is 5.37. The van der Waals surface area contributed by atoms with Gasteiger partial charge in [0, 0.05) is 43.3 Å². The molecule has 43 heavy (non-hydrogen) atoms. The van der Waals surface area contributed by atoms with E-state index in [1.807, 2.05) is 6.07 Å². The number of rotatable bonds is 12. The summed E-state index contributed by atoms with van der Waals surface area (Å²) in [4.78, 5) is 16.8. The minimum absolute atomic E-state index is 0.0634. The lowest BCUT2D eigenvalue weighted by Crippen LogP contribution is -2.36. The van der Waals surface area contributed by atoms with E-state index < -0.39 is 16.1 Å². The van der Waals surface area contributed by atoms with Crippen LogP contribution in [0.2, 0.25) is 0 Å². The fourth-order valence-corrected chi connectivity index (χ4v) is 6.42. The Hall–Kier alpha value is -4.07. The Morgan fingerprint density at radius 2 is 1.91 bits per heavy atom. The molecule has 6 rings (SSSR count). The van der Waals surface area contributed by atoms with Crippen LogP contribution in [0.5, 0.6) is 5.75 Å². The van der Waals surface area contributed by atoms with E-state index in [0.29, 0.717) is 42.7 Å². The van der Waals surface area contributed by atoms with E-state index in [-0.39, 0.29) is 16.7 Å². The molecule has 13 heteroatoms. The number of sulfonamides is 1. The zero-order chi connectivity index (χ0) is 29.8. The molecule has 1 fully saturated rings. The van der Waals surface area contributed by atoms with Crippen molar-refractivity contribution in [2.75, 3.05) is 17.8 Å². The second-order valence-corrected chi connectivity index (χ2v) is 12.8. The Morgan fingerprint density at radius 1 is 1.07 bits per heavy atom. The van der Waals surface area contributed by atoms with Crippen molar-refractivity contribution in [3.63, 3.8) is 0 Å². The van der Waals surface area contributed by atoms with Crippen LogP contribution >= 0.6 is 0 Å². The molecule has 1 saturated carbocycles. The number of aliphatic hydroxyl groups is 1. The van der Waals surface area contributed by atoms with Gasteiger partial charge in [0.25, 0.3) is 10.0 Å². The van der Waals surface area contributed by atoms with Crippen LogP contribution in [-0.2, 0) is 23.0 Å². The first-order valence-corrected chi connectivity index (χ1v) is 16.1. The standard InChI is InChI=1S/C30H35N7O5S/c38-28(23-5-2-15-31-18-23)20-32-19-26-10-6-22-17-24(7-13-29(22)42-26)33-43(40,41)27-11-8-25(9-12-27)37-30(39)36(34-35-37)16-14-21-3-1-4-21/h2,5,7-9,11-13,15,17-18,21,26,28,32-33,38H,1,3-4,6,10,14,16,19-20H2. The maximum absolute atomic E-state index is 13.1. The van der Waals surface area contributed by atoms with Gasteiger partial charge in [-0.15, -0.1) is 0 Å². The van der Waals surface area contributed by atoms with Gasteiger partial charge in [0.1, 0.15) is 11.9 Å². The highest BCUT2D eigenvalue weighted by molar-refractivity contribution is 7.92. The molecule has 2 aliphatic rings. The summed E-state index contributed by atoms with van der Waals surface area (Å²) >= 11 is 0. The van der Waals surface area contributed by atoms with E-state index in [1.54, 1.807) is 48.8 Å². The first kappa shape index (κ1) is 29.0. The molecule has 1 aliphatic carbocycles. The van der Waals surface area contributed by atoms with Crippen LogP contribution in [-0.4, -0.2) is 57.5 Å². The van der Waals surface area contributed by atoms with E-state index >= 15 is 0 Å². The largest absolute Gasteiger partial charge is 0.489 e. The average molecular weight is 606 g/mol. The van der Waals surface area contributed by atoms with Crippen molar-refractivity contribution in [3.05, 3.63) is 88.6 Å². The molecule has 0 saturated heterocycles. The number of fused-ring (bicyclic) bond motifs is 1. The van der Waals surface area contributed by atoms with Crippen LogP contribution in [0.25, 0.3) is 5.69 Å². The van der Waals surface area contributed by atoms with Gasteiger partial charge in [0.05, 0.1) is 16.7 Å². The summed E-state index contributed by atoms with van der Waals surface area (Å²) in [5.41, 5.74) is 2.21. The van der Waals surface area contributed by atoms with Crippen molar-refractivity contribution in [2.45, 2.75) is 62.2 Å². The Balaban J connectivity index is 1.03. The number of hydrogen-bond acceptors (Lipinski definition) is 9. The van der Waals surface area contributed by atoms with Crippen LogP contribution in [0.15, 0.2) is 76.7 Å². The number of aromatic nitrogens is 5. The third-order valence-electron chi connectivity index (χ3n) is 8.13. The molecule has 1 aliphatic heterocycles. The van der Waals surface area contributed by atoms with Crippen LogP contribution in [0, 0.1) is 5.92 Å². The number of anilines is 1. The minimum atomic E-state index is -3.87. The summed E-state index contributed by atoms with van der Waals surface area (Å²) in [7, 11) is -3.87. The van der Waals surface area contributed by atoms with Gasteiger partial charge >= 0.3 is 5.69 Å². The molecular weight excluding hydrogens is 570 g/mol. The van der Waals surface area contributed by atoms with E-state index in [2.05, 4.69) is 25.4 Å². The first-order valence-electron chi connectivity index (χ1n) is 14.6. The number of nitrogens with one attached hydrogen (secondary N) is 2. The van der Waals surface area contributed by atoms with Crippen molar-refractivity contribution in [1.29, 1.82) is 0 Å². The molecule has 3 heterocycles. The van der Waals surface area contributed by atoms with Gasteiger partial charge in [-0.05, 0) is 89.7 Å². The van der Waals surface area contributed by atoms with E-state index in [9.17, 15) is 18.3 Å². The van der Waals surface area contributed by atoms with Gasteiger partial charge < -0.3 is 15.2 Å². The highest BCUT2D eigenvalue weighted by atomic mass is 32.2. The van der Waals surface area contributed by atoms with Gasteiger partial charge in [-0.2, -0.15) is 9.36 Å². The van der Waals surface area contributed by atoms with Crippen molar-refractivity contribution < 1.29 is 18.3 Å². The maximum Gasteiger partial charge on any atom is 0.368 e. The highest BCUT2D eigenvalue weighted by Crippen LogP contribution is 2.31. The quantitative estimate of drug-likeness (QED) is 0.221. The predicted octanol–water partition coefficient (Wildman–Crippen LogP) is 2.83. The summed E-state index contributed by atoms with van der Waals surface area (Å²) < 4.78 is 37.5. The SMILES string of the molecule is O=c1n(CCC2CCC2)nnn1-c1ccc(S(=O)(=O)Nc2ccc3c(c2)CCC(CNCC(O)c2cccnc2)O3)cc1. The molecule has 2 aromatic carbocycles. The summed E-state index contributed by atoms with van der Waals surface area (Å²) in [5, 5.41) is 21.5. The normalized spacial score (nSPS) is 17.5. The van der Waals surface area contributed by atoms with Gasteiger partial charge in [0.15, 0.2) is 0 Å².